The van der Waals surface area contributed by atoms with E-state index in [2.05, 4.69) is 102 Å². The summed E-state index contributed by atoms with van der Waals surface area (Å²) < 4.78 is 2.65. The Labute approximate surface area is 133 Å². The summed E-state index contributed by atoms with van der Waals surface area (Å²) in [5, 5.41) is 0. The second kappa shape index (κ2) is 5.17. The maximum absolute atomic E-state index is 3.56. The van der Waals surface area contributed by atoms with Crippen LogP contribution >= 0.6 is 95.6 Å². The second-order valence-electron chi connectivity index (χ2n) is 2.68. The molecule has 1 rings (SSSR count). The van der Waals surface area contributed by atoms with E-state index >= 15 is 0 Å². The Bertz CT molecular complexity index is 339. The maximum Gasteiger partial charge on any atom is 0.162 e. The molecule has 1 aromatic carbocycles. The van der Waals surface area contributed by atoms with Gasteiger partial charge in [0, 0.05) is 19.0 Å². The third kappa shape index (κ3) is 3.06. The van der Waals surface area contributed by atoms with E-state index in [0.717, 1.165) is 24.5 Å². The molecule has 0 saturated carbocycles. The molecule has 0 radical (unpaired) electrons. The number of hydrogen-bond acceptors (Lipinski definition) is 0. The Morgan fingerprint density at radius 1 is 1.00 bits per heavy atom. The van der Waals surface area contributed by atoms with Crippen molar-refractivity contribution >= 4 is 95.6 Å². The molecule has 0 N–H and O–H groups in total. The molecule has 0 aromatic heterocycles. The molecule has 0 atom stereocenters. The lowest BCUT2D eigenvalue weighted by atomic mass is 10.2. The van der Waals surface area contributed by atoms with E-state index in [9.17, 15) is 0 Å². The molecule has 0 unspecified atom stereocenters. The van der Waals surface area contributed by atoms with Crippen LogP contribution < -0.4 is 0 Å². The van der Waals surface area contributed by atoms with Crippen LogP contribution in [0, 0.1) is 6.92 Å². The number of hydrogen-bond donors (Lipinski definition) is 0. The summed E-state index contributed by atoms with van der Waals surface area (Å²) in [6, 6.07) is 2.05. The van der Waals surface area contributed by atoms with Crippen LogP contribution in [0.3, 0.4) is 0 Å². The lowest BCUT2D eigenvalue weighted by molar-refractivity contribution is 1.25. The van der Waals surface area contributed by atoms with E-state index in [1.54, 1.807) is 0 Å². The molecular formula is C8H4Br6. The fraction of sp³-hybridized carbons (Fsp3) is 0.250. The molecule has 0 aliphatic rings. The summed E-state index contributed by atoms with van der Waals surface area (Å²) in [7, 11) is 0. The molecule has 0 spiro atoms. The summed E-state index contributed by atoms with van der Waals surface area (Å²) in [4.78, 5) is 0. The molecule has 0 aliphatic carbocycles. The Balaban J connectivity index is 3.56. The van der Waals surface area contributed by atoms with Gasteiger partial charge in [-0.3, -0.25) is 0 Å². The fourth-order valence-electron chi connectivity index (χ4n) is 0.979. The van der Waals surface area contributed by atoms with Gasteiger partial charge in [0.1, 0.15) is 0 Å². The lowest BCUT2D eigenvalue weighted by Gasteiger charge is -2.19. The van der Waals surface area contributed by atoms with Crippen LogP contribution in [0.4, 0.5) is 0 Å². The Morgan fingerprint density at radius 2 is 1.50 bits per heavy atom. The molecular weight excluding hydrogens is 576 g/mol. The first-order chi connectivity index (χ1) is 6.25. The topological polar surface area (TPSA) is 0 Å². The quantitative estimate of drug-likeness (QED) is 0.241. The molecule has 1 aromatic rings. The van der Waals surface area contributed by atoms with Gasteiger partial charge in [0.05, 0.1) is 0 Å². The maximum atomic E-state index is 3.56. The highest BCUT2D eigenvalue weighted by Gasteiger charge is 2.28. The number of alkyl halides is 3. The van der Waals surface area contributed by atoms with Crippen molar-refractivity contribution in [2.24, 2.45) is 0 Å². The van der Waals surface area contributed by atoms with Gasteiger partial charge in [-0.15, -0.1) is 0 Å². The average Bonchev–Trinajstić information content (AvgIpc) is 1.98. The predicted octanol–water partition coefficient (Wildman–Crippen LogP) is 6.58. The summed E-state index contributed by atoms with van der Waals surface area (Å²) in [6.45, 7) is 2.05. The highest BCUT2D eigenvalue weighted by molar-refractivity contribution is 9.38. The first-order valence-electron chi connectivity index (χ1n) is 3.46. The summed E-state index contributed by atoms with van der Waals surface area (Å²) >= 11 is 21.1. The van der Waals surface area contributed by atoms with E-state index in [-0.39, 0.29) is 0 Å². The van der Waals surface area contributed by atoms with Gasteiger partial charge in [0.15, 0.2) is 2.14 Å². The van der Waals surface area contributed by atoms with Crippen LogP contribution in [0.25, 0.3) is 0 Å². The minimum absolute atomic E-state index is 0.431. The monoisotopic (exact) mass is 574 g/mol. The number of aryl methyl sites for hydroxylation is 1. The predicted molar refractivity (Wildman–Crippen MR) is 82.7 cm³/mol. The van der Waals surface area contributed by atoms with Gasteiger partial charge < -0.3 is 0 Å². The molecule has 0 bridgehead atoms. The molecule has 6 heteroatoms. The van der Waals surface area contributed by atoms with E-state index in [1.807, 2.05) is 6.92 Å². The molecule has 0 amide bonds. The first-order valence-corrected chi connectivity index (χ1v) is 8.22. The van der Waals surface area contributed by atoms with Crippen LogP contribution in [-0.4, -0.2) is 0 Å². The summed E-state index contributed by atoms with van der Waals surface area (Å²) in [5.74, 6) is 0. The number of halogens is 6. The van der Waals surface area contributed by atoms with Crippen molar-refractivity contribution in [3.8, 4) is 0 Å². The van der Waals surface area contributed by atoms with Crippen molar-refractivity contribution in [1.82, 2.24) is 0 Å². The zero-order chi connectivity index (χ0) is 11.1. The van der Waals surface area contributed by atoms with Gasteiger partial charge >= 0.3 is 0 Å². The third-order valence-corrected chi connectivity index (χ3v) is 5.81. The van der Waals surface area contributed by atoms with Crippen molar-refractivity contribution in [3.05, 3.63) is 30.6 Å². The van der Waals surface area contributed by atoms with Crippen LogP contribution in [0.5, 0.6) is 0 Å². The average molecular weight is 580 g/mol. The minimum atomic E-state index is -0.431. The molecule has 0 saturated heterocycles. The highest BCUT2D eigenvalue weighted by atomic mass is 80.0. The largest absolute Gasteiger partial charge is 0.162 e. The van der Waals surface area contributed by atoms with Crippen LogP contribution in [0.2, 0.25) is 0 Å². The normalized spacial score (nSPS) is 11.9. The zero-order valence-electron chi connectivity index (χ0n) is 6.85. The lowest BCUT2D eigenvalue weighted by Crippen LogP contribution is -2.02. The van der Waals surface area contributed by atoms with Crippen LogP contribution in [0.15, 0.2) is 19.5 Å². The van der Waals surface area contributed by atoms with Crippen LogP contribution in [-0.2, 0) is 2.14 Å². The molecule has 78 valence electrons. The van der Waals surface area contributed by atoms with Gasteiger partial charge in [-0.05, 0) is 50.4 Å². The number of rotatable bonds is 0. The molecule has 0 heterocycles. The van der Waals surface area contributed by atoms with E-state index in [0.29, 0.717) is 0 Å². The Hall–Kier alpha value is 2.10. The minimum Gasteiger partial charge on any atom is -0.0545 e. The van der Waals surface area contributed by atoms with Gasteiger partial charge in [-0.25, -0.2) is 0 Å². The number of benzene rings is 1. The molecule has 0 fully saturated rings. The zero-order valence-corrected chi connectivity index (χ0v) is 16.4. The molecule has 14 heavy (non-hydrogen) atoms. The van der Waals surface area contributed by atoms with E-state index in [4.69, 9.17) is 0 Å². The SMILES string of the molecule is Cc1cc(Br)c(Br)c(C(Br)(Br)Br)c1Br. The molecule has 0 nitrogen and oxygen atoms in total. The van der Waals surface area contributed by atoms with Crippen molar-refractivity contribution < 1.29 is 0 Å². The fourth-order valence-corrected chi connectivity index (χ4v) is 5.79. The van der Waals surface area contributed by atoms with Crippen LogP contribution in [0.1, 0.15) is 11.1 Å². The summed E-state index contributed by atoms with van der Waals surface area (Å²) in [5.41, 5.74) is 2.22. The van der Waals surface area contributed by atoms with E-state index in [1.165, 1.54) is 0 Å². The second-order valence-corrected chi connectivity index (χ2v) is 11.9. The van der Waals surface area contributed by atoms with Gasteiger partial charge in [0.2, 0.25) is 0 Å². The Kier molecular flexibility index (Phi) is 5.23. The highest BCUT2D eigenvalue weighted by Crippen LogP contribution is 2.52. The summed E-state index contributed by atoms with van der Waals surface area (Å²) in [6.07, 6.45) is 0. The Morgan fingerprint density at radius 3 is 1.93 bits per heavy atom. The third-order valence-electron chi connectivity index (χ3n) is 1.62. The van der Waals surface area contributed by atoms with E-state index < -0.39 is 2.14 Å². The van der Waals surface area contributed by atoms with Gasteiger partial charge in [-0.1, -0.05) is 63.7 Å². The first kappa shape index (κ1) is 14.2. The smallest absolute Gasteiger partial charge is 0.0545 e. The molecule has 0 aliphatic heterocycles. The van der Waals surface area contributed by atoms with Crippen molar-refractivity contribution in [1.29, 1.82) is 0 Å². The van der Waals surface area contributed by atoms with Crippen molar-refractivity contribution in [2.75, 3.05) is 0 Å². The van der Waals surface area contributed by atoms with Crippen molar-refractivity contribution in [2.45, 2.75) is 9.07 Å². The van der Waals surface area contributed by atoms with Gasteiger partial charge in [-0.2, -0.15) is 0 Å². The van der Waals surface area contributed by atoms with Crippen molar-refractivity contribution in [3.63, 3.8) is 0 Å². The van der Waals surface area contributed by atoms with Gasteiger partial charge in [0.25, 0.3) is 0 Å². The standard InChI is InChI=1S/C8H4Br6/c1-3-2-4(9)7(11)5(6(3)10)8(12,13)14/h2H,1H3.